The van der Waals surface area contributed by atoms with Crippen molar-refractivity contribution >= 4 is 0 Å². The van der Waals surface area contributed by atoms with Crippen LogP contribution in [0.15, 0.2) is 30.3 Å². The Morgan fingerprint density at radius 1 is 0.288 bits per heavy atom. The van der Waals surface area contributed by atoms with Crippen LogP contribution in [0.1, 0.15) is 289 Å². The number of hydrogen-bond acceptors (Lipinski definition) is 1. The van der Waals surface area contributed by atoms with Crippen molar-refractivity contribution in [3.05, 3.63) is 35.9 Å². The molecule has 0 aliphatic carbocycles. The van der Waals surface area contributed by atoms with Crippen molar-refractivity contribution in [1.29, 1.82) is 0 Å². The van der Waals surface area contributed by atoms with Gasteiger partial charge < -0.3 is 5.73 Å². The molecule has 0 bridgehead atoms. The maximum Gasteiger partial charge on any atom is 0.0409 e. The van der Waals surface area contributed by atoms with Crippen molar-refractivity contribution in [2.24, 2.45) is 5.73 Å². The topological polar surface area (TPSA) is 26.0 Å². The molecule has 0 aromatic heterocycles. The normalized spacial score (nSPS) is 11.9. The molecule has 0 spiro atoms. The Kier molecular flexibility index (Phi) is 37.7. The maximum absolute atomic E-state index is 7.18. The van der Waals surface area contributed by atoms with Crippen LogP contribution in [0, 0.1) is 0 Å². The number of hydrogen-bond donors (Lipinski definition) is 1. The molecular formula is C51H97N. The molecule has 0 heterocycles. The van der Waals surface area contributed by atoms with Crippen LogP contribution in [0.5, 0.6) is 0 Å². The van der Waals surface area contributed by atoms with Crippen molar-refractivity contribution in [2.75, 3.05) is 0 Å². The summed E-state index contributed by atoms with van der Waals surface area (Å²) >= 11 is 0. The molecule has 0 aliphatic rings. The van der Waals surface area contributed by atoms with E-state index < -0.39 is 0 Å². The summed E-state index contributed by atoms with van der Waals surface area (Å²) in [5.74, 6) is 0. The van der Waals surface area contributed by atoms with Gasteiger partial charge in [-0.15, -0.1) is 0 Å². The largest absolute Gasteiger partial charge is 0.321 e. The van der Waals surface area contributed by atoms with Crippen LogP contribution in [-0.4, -0.2) is 0 Å². The van der Waals surface area contributed by atoms with E-state index in [0.717, 1.165) is 12.8 Å². The lowest BCUT2D eigenvalue weighted by Crippen LogP contribution is -2.36. The van der Waals surface area contributed by atoms with Gasteiger partial charge in [-0.1, -0.05) is 301 Å². The van der Waals surface area contributed by atoms with Gasteiger partial charge in [0.25, 0.3) is 0 Å². The molecule has 0 aliphatic heterocycles. The standard InChI is InChI=1S/C51H97N/c1-3-5-7-9-11-13-15-17-19-21-23-25-27-29-31-33-35-37-39-44-48-51(52,50-46-42-41-43-47-50)49-45-40-38-36-34-32-30-28-26-24-22-20-18-16-14-12-10-8-6-4-2/h41-43,46-47H,3-40,44-45,48-49,52H2,1-2H3. The zero-order valence-electron chi connectivity index (χ0n) is 36.2. The van der Waals surface area contributed by atoms with E-state index in [2.05, 4.69) is 44.2 Å². The molecule has 2 N–H and O–H groups in total. The molecule has 0 saturated heterocycles. The predicted molar refractivity (Wildman–Crippen MR) is 238 cm³/mol. The molecular weight excluding hydrogens is 627 g/mol. The Labute approximate surface area is 329 Å². The van der Waals surface area contributed by atoms with Gasteiger partial charge in [-0.3, -0.25) is 0 Å². The van der Waals surface area contributed by atoms with Gasteiger partial charge in [-0.05, 0) is 18.4 Å². The second-order valence-electron chi connectivity index (χ2n) is 17.5. The fraction of sp³-hybridized carbons (Fsp3) is 0.882. The second-order valence-corrected chi connectivity index (χ2v) is 17.5. The minimum atomic E-state index is -0.135. The third-order valence-corrected chi connectivity index (χ3v) is 12.3. The summed E-state index contributed by atoms with van der Waals surface area (Å²) < 4.78 is 0. The van der Waals surface area contributed by atoms with Gasteiger partial charge in [0.1, 0.15) is 0 Å². The Bertz CT molecular complexity index is 742. The minimum Gasteiger partial charge on any atom is -0.321 e. The van der Waals surface area contributed by atoms with E-state index in [9.17, 15) is 0 Å². The Morgan fingerprint density at radius 3 is 0.692 bits per heavy atom. The van der Waals surface area contributed by atoms with Crippen LogP contribution in [0.3, 0.4) is 0 Å². The van der Waals surface area contributed by atoms with E-state index in [1.165, 1.54) is 262 Å². The first-order chi connectivity index (χ1) is 25.7. The monoisotopic (exact) mass is 724 g/mol. The van der Waals surface area contributed by atoms with E-state index in [4.69, 9.17) is 5.73 Å². The van der Waals surface area contributed by atoms with Crippen molar-refractivity contribution < 1.29 is 0 Å². The van der Waals surface area contributed by atoms with Gasteiger partial charge in [0, 0.05) is 5.54 Å². The maximum atomic E-state index is 7.18. The summed E-state index contributed by atoms with van der Waals surface area (Å²) in [6.45, 7) is 4.62. The highest BCUT2D eigenvalue weighted by molar-refractivity contribution is 5.23. The Balaban J connectivity index is 1.96. The molecule has 0 unspecified atom stereocenters. The van der Waals surface area contributed by atoms with Gasteiger partial charge in [0.05, 0.1) is 0 Å². The van der Waals surface area contributed by atoms with E-state index in [1.807, 2.05) is 0 Å². The molecule has 0 fully saturated rings. The highest BCUT2D eigenvalue weighted by atomic mass is 14.7. The van der Waals surface area contributed by atoms with E-state index in [1.54, 1.807) is 0 Å². The number of rotatable bonds is 43. The van der Waals surface area contributed by atoms with Crippen LogP contribution in [-0.2, 0) is 5.54 Å². The second kappa shape index (κ2) is 39.9. The summed E-state index contributed by atoms with van der Waals surface area (Å²) in [6, 6.07) is 11.1. The van der Waals surface area contributed by atoms with Crippen LogP contribution >= 0.6 is 0 Å². The first-order valence-electron chi connectivity index (χ1n) is 24.6. The lowest BCUT2D eigenvalue weighted by molar-refractivity contribution is 0.343. The van der Waals surface area contributed by atoms with Gasteiger partial charge >= 0.3 is 0 Å². The third-order valence-electron chi connectivity index (χ3n) is 12.3. The summed E-state index contributed by atoms with van der Waals surface area (Å²) in [5, 5.41) is 0. The molecule has 0 saturated carbocycles. The first-order valence-corrected chi connectivity index (χ1v) is 24.6. The Morgan fingerprint density at radius 2 is 0.481 bits per heavy atom. The smallest absolute Gasteiger partial charge is 0.0409 e. The summed E-state index contributed by atoms with van der Waals surface area (Å²) in [4.78, 5) is 0. The zero-order valence-corrected chi connectivity index (χ0v) is 36.2. The molecule has 0 amide bonds. The van der Waals surface area contributed by atoms with E-state index in [-0.39, 0.29) is 5.54 Å². The van der Waals surface area contributed by atoms with Gasteiger partial charge in [0.15, 0.2) is 0 Å². The Hall–Kier alpha value is -0.820. The van der Waals surface area contributed by atoms with Crippen LogP contribution in [0.2, 0.25) is 0 Å². The average molecular weight is 724 g/mol. The zero-order chi connectivity index (χ0) is 37.3. The van der Waals surface area contributed by atoms with Gasteiger partial charge in [0.2, 0.25) is 0 Å². The van der Waals surface area contributed by atoms with Gasteiger partial charge in [-0.25, -0.2) is 0 Å². The van der Waals surface area contributed by atoms with Gasteiger partial charge in [-0.2, -0.15) is 0 Å². The summed E-state index contributed by atoms with van der Waals surface area (Å²) in [5.41, 5.74) is 8.41. The first kappa shape index (κ1) is 49.2. The molecule has 1 aromatic rings. The molecule has 1 heteroatoms. The molecule has 0 radical (unpaired) electrons. The number of unbranched alkanes of at least 4 members (excludes halogenated alkanes) is 38. The van der Waals surface area contributed by atoms with Crippen molar-refractivity contribution in [2.45, 2.75) is 289 Å². The molecule has 52 heavy (non-hydrogen) atoms. The predicted octanol–water partition coefficient (Wildman–Crippen LogP) is 18.3. The van der Waals surface area contributed by atoms with Crippen LogP contribution in [0.4, 0.5) is 0 Å². The molecule has 1 rings (SSSR count). The van der Waals surface area contributed by atoms with Crippen molar-refractivity contribution in [1.82, 2.24) is 0 Å². The summed E-state index contributed by atoms with van der Waals surface area (Å²) in [7, 11) is 0. The van der Waals surface area contributed by atoms with Crippen molar-refractivity contribution in [3.63, 3.8) is 0 Å². The minimum absolute atomic E-state index is 0.135. The average Bonchev–Trinajstić information content (AvgIpc) is 3.16. The molecule has 1 aromatic carbocycles. The molecule has 306 valence electrons. The number of benzene rings is 1. The fourth-order valence-electron chi connectivity index (χ4n) is 8.58. The SMILES string of the molecule is CCCCCCCCCCCCCCCCCCCCCCC(N)(CCCCCCCCCCCCCCCCCCCCCC)c1ccccc1. The van der Waals surface area contributed by atoms with Crippen LogP contribution in [0.25, 0.3) is 0 Å². The van der Waals surface area contributed by atoms with E-state index in [0.29, 0.717) is 0 Å². The lowest BCUT2D eigenvalue weighted by Gasteiger charge is -2.30. The molecule has 0 atom stereocenters. The third kappa shape index (κ3) is 32.6. The van der Waals surface area contributed by atoms with Crippen LogP contribution < -0.4 is 5.73 Å². The van der Waals surface area contributed by atoms with Crippen molar-refractivity contribution in [3.8, 4) is 0 Å². The molecule has 1 nitrogen and oxygen atoms in total. The highest BCUT2D eigenvalue weighted by Gasteiger charge is 2.26. The number of nitrogens with two attached hydrogens (primary N) is 1. The lowest BCUT2D eigenvalue weighted by atomic mass is 9.81. The quantitative estimate of drug-likeness (QED) is 0.0667. The van der Waals surface area contributed by atoms with E-state index >= 15 is 0 Å². The fourth-order valence-corrected chi connectivity index (χ4v) is 8.58. The summed E-state index contributed by atoms with van der Waals surface area (Å²) in [6.07, 6.45) is 59.8. The highest BCUT2D eigenvalue weighted by Crippen LogP contribution is 2.31.